The molecule has 0 saturated heterocycles. The summed E-state index contributed by atoms with van der Waals surface area (Å²) < 4.78 is 1.78. The number of hydrogen-bond donors (Lipinski definition) is 1. The molecule has 0 aliphatic heterocycles. The van der Waals surface area contributed by atoms with Crippen molar-refractivity contribution >= 4 is 16.6 Å². The van der Waals surface area contributed by atoms with Crippen molar-refractivity contribution in [3.63, 3.8) is 0 Å². The molecule has 0 saturated carbocycles. The fraction of sp³-hybridized carbons (Fsp3) is 0.143. The molecule has 3 rings (SSSR count). The first-order chi connectivity index (χ1) is 9.16. The van der Waals surface area contributed by atoms with Crippen molar-refractivity contribution in [1.82, 2.24) is 14.5 Å². The Morgan fingerprint density at radius 1 is 1.16 bits per heavy atom. The molecule has 5 heteroatoms. The van der Waals surface area contributed by atoms with Crippen molar-refractivity contribution in [3.05, 3.63) is 53.1 Å². The largest absolute Gasteiger partial charge is 0.377 e. The van der Waals surface area contributed by atoms with Crippen LogP contribution >= 0.6 is 0 Å². The smallest absolute Gasteiger partial charge is 0.262 e. The lowest BCUT2D eigenvalue weighted by atomic mass is 10.2. The van der Waals surface area contributed by atoms with E-state index in [-0.39, 0.29) is 5.56 Å². The highest BCUT2D eigenvalue weighted by atomic mass is 16.1. The highest BCUT2D eigenvalue weighted by Gasteiger charge is 2.10. The van der Waals surface area contributed by atoms with Gasteiger partial charge in [0.05, 0.1) is 16.6 Å². The lowest BCUT2D eigenvalue weighted by Crippen LogP contribution is -2.17. The monoisotopic (exact) mass is 254 g/mol. The van der Waals surface area contributed by atoms with Crippen molar-refractivity contribution in [2.45, 2.75) is 0 Å². The lowest BCUT2D eigenvalue weighted by Gasteiger charge is -2.14. The van der Waals surface area contributed by atoms with Gasteiger partial charge in [-0.25, -0.2) is 4.98 Å². The number of benzene rings is 1. The molecule has 1 N–H and O–H groups in total. The van der Waals surface area contributed by atoms with Crippen molar-refractivity contribution in [1.29, 1.82) is 0 Å². The van der Waals surface area contributed by atoms with Crippen molar-refractivity contribution in [2.24, 2.45) is 0 Å². The Morgan fingerprint density at radius 2 is 1.89 bits per heavy atom. The fourth-order valence-corrected chi connectivity index (χ4v) is 2.13. The van der Waals surface area contributed by atoms with Gasteiger partial charge in [-0.2, -0.15) is 0 Å². The molecule has 0 fully saturated rings. The molecule has 1 aromatic carbocycles. The number of aromatic nitrogens is 3. The Hall–Kier alpha value is -2.56. The maximum Gasteiger partial charge on any atom is 0.262 e. The van der Waals surface area contributed by atoms with E-state index >= 15 is 0 Å². The number of hydrogen-bond acceptors (Lipinski definition) is 3. The molecule has 19 heavy (non-hydrogen) atoms. The van der Waals surface area contributed by atoms with Crippen LogP contribution < -0.4 is 10.5 Å². The summed E-state index contributed by atoms with van der Waals surface area (Å²) in [6.07, 6.45) is 3.69. The third kappa shape index (κ3) is 1.89. The second-order valence-corrected chi connectivity index (χ2v) is 4.55. The van der Waals surface area contributed by atoms with E-state index in [9.17, 15) is 4.79 Å². The summed E-state index contributed by atoms with van der Waals surface area (Å²) in [7, 11) is 3.82. The molecule has 96 valence electrons. The minimum Gasteiger partial charge on any atom is -0.377 e. The quantitative estimate of drug-likeness (QED) is 0.758. The van der Waals surface area contributed by atoms with E-state index < -0.39 is 0 Å². The van der Waals surface area contributed by atoms with Crippen LogP contribution in [0.4, 0.5) is 5.69 Å². The third-order valence-corrected chi connectivity index (χ3v) is 3.03. The molecule has 0 bridgehead atoms. The minimum atomic E-state index is -0.127. The number of nitrogens with one attached hydrogen (secondary N) is 1. The van der Waals surface area contributed by atoms with Gasteiger partial charge in [-0.15, -0.1) is 0 Å². The van der Waals surface area contributed by atoms with Gasteiger partial charge in [0.25, 0.3) is 5.56 Å². The van der Waals surface area contributed by atoms with Gasteiger partial charge < -0.3 is 4.90 Å². The van der Waals surface area contributed by atoms with E-state index in [1.165, 1.54) is 0 Å². The average Bonchev–Trinajstić information content (AvgIpc) is 2.91. The number of aromatic amines is 1. The molecule has 0 aliphatic carbocycles. The summed E-state index contributed by atoms with van der Waals surface area (Å²) >= 11 is 0. The number of rotatable bonds is 2. The summed E-state index contributed by atoms with van der Waals surface area (Å²) in [5.41, 5.74) is 1.43. The van der Waals surface area contributed by atoms with Gasteiger partial charge in [0.1, 0.15) is 0 Å². The maximum atomic E-state index is 12.3. The van der Waals surface area contributed by atoms with Gasteiger partial charge in [0.15, 0.2) is 0 Å². The van der Waals surface area contributed by atoms with Crippen molar-refractivity contribution in [3.8, 4) is 5.95 Å². The lowest BCUT2D eigenvalue weighted by molar-refractivity contribution is 0.938. The van der Waals surface area contributed by atoms with Crippen LogP contribution in [0.25, 0.3) is 16.9 Å². The van der Waals surface area contributed by atoms with Crippen LogP contribution in [0, 0.1) is 0 Å². The molecule has 0 atom stereocenters. The molecule has 0 aliphatic rings. The second-order valence-electron chi connectivity index (χ2n) is 4.55. The SMILES string of the molecule is CN(C)c1cccc2nc(-n3cccc3)[nH]c(=O)c12. The van der Waals surface area contributed by atoms with Gasteiger partial charge >= 0.3 is 0 Å². The standard InChI is InChI=1S/C14H14N4O/c1-17(2)11-7-5-6-10-12(11)13(19)16-14(15-10)18-8-3-4-9-18/h3-9H,1-2H3,(H,15,16,19). The Labute approximate surface area is 110 Å². The molecule has 0 unspecified atom stereocenters. The zero-order valence-electron chi connectivity index (χ0n) is 10.8. The normalized spacial score (nSPS) is 10.8. The summed E-state index contributed by atoms with van der Waals surface area (Å²) in [6.45, 7) is 0. The fourth-order valence-electron chi connectivity index (χ4n) is 2.13. The van der Waals surface area contributed by atoms with E-state index in [2.05, 4.69) is 9.97 Å². The van der Waals surface area contributed by atoms with Gasteiger partial charge in [-0.1, -0.05) is 6.07 Å². The predicted molar refractivity (Wildman–Crippen MR) is 76.0 cm³/mol. The minimum absolute atomic E-state index is 0.127. The highest BCUT2D eigenvalue weighted by Crippen LogP contribution is 2.20. The van der Waals surface area contributed by atoms with Gasteiger partial charge in [-0.3, -0.25) is 14.3 Å². The van der Waals surface area contributed by atoms with Crippen LogP contribution in [-0.2, 0) is 0 Å². The summed E-state index contributed by atoms with van der Waals surface area (Å²) in [4.78, 5) is 21.5. The maximum absolute atomic E-state index is 12.3. The zero-order valence-corrected chi connectivity index (χ0v) is 10.8. The van der Waals surface area contributed by atoms with Crippen molar-refractivity contribution in [2.75, 3.05) is 19.0 Å². The molecule has 3 aromatic rings. The van der Waals surface area contributed by atoms with Crippen LogP contribution in [-0.4, -0.2) is 28.6 Å². The number of nitrogens with zero attached hydrogens (tertiary/aromatic N) is 3. The molecule has 0 spiro atoms. The van der Waals surface area contributed by atoms with E-state index in [0.717, 1.165) is 5.69 Å². The Morgan fingerprint density at radius 3 is 2.58 bits per heavy atom. The first kappa shape index (κ1) is 11.5. The molecular formula is C14H14N4O. The van der Waals surface area contributed by atoms with Crippen LogP contribution in [0.3, 0.4) is 0 Å². The van der Waals surface area contributed by atoms with Crippen LogP contribution in [0.5, 0.6) is 0 Å². The summed E-state index contributed by atoms with van der Waals surface area (Å²) in [5.74, 6) is 0.526. The van der Waals surface area contributed by atoms with E-state index in [4.69, 9.17) is 0 Å². The summed E-state index contributed by atoms with van der Waals surface area (Å²) in [6, 6.07) is 9.45. The van der Waals surface area contributed by atoms with Crippen molar-refractivity contribution < 1.29 is 0 Å². The molecule has 5 nitrogen and oxygen atoms in total. The molecule has 2 heterocycles. The topological polar surface area (TPSA) is 53.9 Å². The van der Waals surface area contributed by atoms with Crippen LogP contribution in [0.2, 0.25) is 0 Å². The second kappa shape index (κ2) is 4.28. The Kier molecular flexibility index (Phi) is 2.59. The highest BCUT2D eigenvalue weighted by molar-refractivity contribution is 5.91. The predicted octanol–water partition coefficient (Wildman–Crippen LogP) is 1.78. The van der Waals surface area contributed by atoms with E-state index in [0.29, 0.717) is 16.9 Å². The first-order valence-corrected chi connectivity index (χ1v) is 6.00. The van der Waals surface area contributed by atoms with Gasteiger partial charge in [-0.05, 0) is 24.3 Å². The zero-order chi connectivity index (χ0) is 13.4. The first-order valence-electron chi connectivity index (χ1n) is 6.00. The summed E-state index contributed by atoms with van der Waals surface area (Å²) in [5, 5.41) is 0.614. The van der Waals surface area contributed by atoms with Crippen LogP contribution in [0.1, 0.15) is 0 Å². The molecule has 0 amide bonds. The molecule has 0 radical (unpaired) electrons. The van der Waals surface area contributed by atoms with E-state index in [1.54, 1.807) is 4.57 Å². The van der Waals surface area contributed by atoms with Gasteiger partial charge in [0, 0.05) is 26.5 Å². The Balaban J connectivity index is 2.32. The molecule has 2 aromatic heterocycles. The molecular weight excluding hydrogens is 240 g/mol. The number of fused-ring (bicyclic) bond motifs is 1. The number of H-pyrrole nitrogens is 1. The third-order valence-electron chi connectivity index (χ3n) is 3.03. The average molecular weight is 254 g/mol. The van der Waals surface area contributed by atoms with Gasteiger partial charge in [0.2, 0.25) is 5.95 Å². The number of anilines is 1. The van der Waals surface area contributed by atoms with E-state index in [1.807, 2.05) is 61.7 Å². The van der Waals surface area contributed by atoms with Crippen LogP contribution in [0.15, 0.2) is 47.5 Å². The Bertz CT molecular complexity index is 772.